The van der Waals surface area contributed by atoms with E-state index in [-0.39, 0.29) is 23.8 Å². The normalized spacial score (nSPS) is 18.5. The van der Waals surface area contributed by atoms with Crippen LogP contribution in [0.5, 0.6) is 5.75 Å². The van der Waals surface area contributed by atoms with Gasteiger partial charge in [0.2, 0.25) is 5.91 Å². The van der Waals surface area contributed by atoms with E-state index in [0.717, 1.165) is 30.7 Å². The Hall–Kier alpha value is -2.40. The van der Waals surface area contributed by atoms with Crippen molar-refractivity contribution >= 4 is 5.91 Å². The number of rotatable bonds is 6. The molecule has 0 unspecified atom stereocenters. The van der Waals surface area contributed by atoms with Gasteiger partial charge in [-0.15, -0.1) is 0 Å². The Balaban J connectivity index is 1.59. The molecule has 1 heterocycles. The molecule has 1 amide bonds. The Morgan fingerprint density at radius 2 is 1.92 bits per heavy atom. The summed E-state index contributed by atoms with van der Waals surface area (Å²) in [5.41, 5.74) is 2.11. The standard InChI is InChI=1S/C21H25FN2O2/c1-15(16-5-9-18(22)10-6-16)23-21(25)14-24-13-3-4-20(24)17-7-11-19(26-2)12-8-17/h5-12,15,20H,3-4,13-14H2,1-2H3,(H,23,25)/t15-,20-/m1/s1. The molecule has 0 spiro atoms. The van der Waals surface area contributed by atoms with E-state index in [1.807, 2.05) is 19.1 Å². The second-order valence-electron chi connectivity index (χ2n) is 6.74. The Labute approximate surface area is 154 Å². The molecule has 1 aliphatic heterocycles. The van der Waals surface area contributed by atoms with Crippen LogP contribution in [0.25, 0.3) is 0 Å². The first kappa shape index (κ1) is 18.4. The molecule has 0 saturated carbocycles. The summed E-state index contributed by atoms with van der Waals surface area (Å²) < 4.78 is 18.2. The van der Waals surface area contributed by atoms with E-state index >= 15 is 0 Å². The zero-order chi connectivity index (χ0) is 18.5. The van der Waals surface area contributed by atoms with Gasteiger partial charge in [-0.2, -0.15) is 0 Å². The van der Waals surface area contributed by atoms with Gasteiger partial charge in [0.15, 0.2) is 0 Å². The molecule has 4 nitrogen and oxygen atoms in total. The first-order valence-electron chi connectivity index (χ1n) is 8.99. The second kappa shape index (κ2) is 8.32. The predicted molar refractivity (Wildman–Crippen MR) is 99.5 cm³/mol. The topological polar surface area (TPSA) is 41.6 Å². The maximum Gasteiger partial charge on any atom is 0.234 e. The molecule has 3 rings (SSSR count). The fourth-order valence-corrected chi connectivity index (χ4v) is 3.53. The van der Waals surface area contributed by atoms with Crippen molar-refractivity contribution < 1.29 is 13.9 Å². The number of amides is 1. The lowest BCUT2D eigenvalue weighted by Gasteiger charge is -2.25. The van der Waals surface area contributed by atoms with Crippen molar-refractivity contribution in [3.8, 4) is 5.75 Å². The van der Waals surface area contributed by atoms with Crippen LogP contribution >= 0.6 is 0 Å². The van der Waals surface area contributed by atoms with E-state index < -0.39 is 0 Å². The summed E-state index contributed by atoms with van der Waals surface area (Å²) in [6.45, 7) is 3.19. The zero-order valence-corrected chi connectivity index (χ0v) is 15.2. The molecule has 0 radical (unpaired) electrons. The number of hydrogen-bond donors (Lipinski definition) is 1. The fourth-order valence-electron chi connectivity index (χ4n) is 3.53. The number of benzene rings is 2. The Morgan fingerprint density at radius 1 is 1.23 bits per heavy atom. The van der Waals surface area contributed by atoms with Gasteiger partial charge in [0, 0.05) is 6.04 Å². The van der Waals surface area contributed by atoms with Crippen molar-refractivity contribution in [2.75, 3.05) is 20.2 Å². The van der Waals surface area contributed by atoms with Crippen molar-refractivity contribution in [3.05, 3.63) is 65.5 Å². The minimum Gasteiger partial charge on any atom is -0.497 e. The van der Waals surface area contributed by atoms with Gasteiger partial charge in [0.05, 0.1) is 19.7 Å². The summed E-state index contributed by atoms with van der Waals surface area (Å²) in [4.78, 5) is 14.7. The minimum atomic E-state index is -0.272. The van der Waals surface area contributed by atoms with Gasteiger partial charge in [-0.1, -0.05) is 24.3 Å². The quantitative estimate of drug-likeness (QED) is 0.855. The number of nitrogens with zero attached hydrogens (tertiary/aromatic N) is 1. The molecule has 2 aromatic carbocycles. The number of hydrogen-bond acceptors (Lipinski definition) is 3. The van der Waals surface area contributed by atoms with Crippen LogP contribution in [0.2, 0.25) is 0 Å². The van der Waals surface area contributed by atoms with Crippen molar-refractivity contribution in [2.45, 2.75) is 31.8 Å². The highest BCUT2D eigenvalue weighted by atomic mass is 19.1. The van der Waals surface area contributed by atoms with E-state index in [1.165, 1.54) is 17.7 Å². The summed E-state index contributed by atoms with van der Waals surface area (Å²) in [5, 5.41) is 3.01. The number of ether oxygens (including phenoxy) is 1. The molecule has 26 heavy (non-hydrogen) atoms. The third-order valence-electron chi connectivity index (χ3n) is 4.96. The summed E-state index contributed by atoms with van der Waals surface area (Å²) in [6, 6.07) is 14.4. The Bertz CT molecular complexity index is 731. The number of methoxy groups -OCH3 is 1. The molecule has 0 bridgehead atoms. The lowest BCUT2D eigenvalue weighted by molar-refractivity contribution is -0.123. The van der Waals surface area contributed by atoms with E-state index in [1.54, 1.807) is 19.2 Å². The van der Waals surface area contributed by atoms with Crippen LogP contribution in [0.4, 0.5) is 4.39 Å². The van der Waals surface area contributed by atoms with Crippen molar-refractivity contribution in [2.24, 2.45) is 0 Å². The highest BCUT2D eigenvalue weighted by molar-refractivity contribution is 5.78. The number of nitrogens with one attached hydrogen (secondary N) is 1. The number of halogens is 1. The average Bonchev–Trinajstić information content (AvgIpc) is 3.10. The SMILES string of the molecule is COc1ccc([C@H]2CCCN2CC(=O)N[C@H](C)c2ccc(F)cc2)cc1. The molecular formula is C21H25FN2O2. The van der Waals surface area contributed by atoms with Crippen LogP contribution in [0.1, 0.15) is 43.0 Å². The largest absolute Gasteiger partial charge is 0.497 e. The first-order chi connectivity index (χ1) is 12.6. The Kier molecular flexibility index (Phi) is 5.89. The maximum atomic E-state index is 13.0. The number of carbonyl (C=O) groups is 1. The first-order valence-corrected chi connectivity index (χ1v) is 8.99. The summed E-state index contributed by atoms with van der Waals surface area (Å²) in [6.07, 6.45) is 2.13. The molecule has 5 heteroatoms. The van der Waals surface area contributed by atoms with E-state index in [4.69, 9.17) is 4.74 Å². The maximum absolute atomic E-state index is 13.0. The third-order valence-corrected chi connectivity index (χ3v) is 4.96. The van der Waals surface area contributed by atoms with Gasteiger partial charge < -0.3 is 10.1 Å². The fraction of sp³-hybridized carbons (Fsp3) is 0.381. The molecule has 0 aliphatic carbocycles. The molecule has 1 saturated heterocycles. The molecule has 2 atom stereocenters. The monoisotopic (exact) mass is 356 g/mol. The lowest BCUT2D eigenvalue weighted by atomic mass is 10.0. The highest BCUT2D eigenvalue weighted by Gasteiger charge is 2.27. The molecule has 1 fully saturated rings. The van der Waals surface area contributed by atoms with Gasteiger partial charge in [0.25, 0.3) is 0 Å². The van der Waals surface area contributed by atoms with E-state index in [0.29, 0.717) is 6.54 Å². The number of likely N-dealkylation sites (tertiary alicyclic amines) is 1. The Morgan fingerprint density at radius 3 is 2.58 bits per heavy atom. The minimum absolute atomic E-state index is 0.0118. The number of carbonyl (C=O) groups excluding carboxylic acids is 1. The molecule has 2 aromatic rings. The summed E-state index contributed by atoms with van der Waals surface area (Å²) in [7, 11) is 1.66. The second-order valence-corrected chi connectivity index (χ2v) is 6.74. The van der Waals surface area contributed by atoms with Crippen LogP contribution in [0.15, 0.2) is 48.5 Å². The van der Waals surface area contributed by atoms with E-state index in [9.17, 15) is 9.18 Å². The van der Waals surface area contributed by atoms with Crippen molar-refractivity contribution in [3.63, 3.8) is 0 Å². The van der Waals surface area contributed by atoms with E-state index in [2.05, 4.69) is 22.3 Å². The lowest BCUT2D eigenvalue weighted by Crippen LogP contribution is -2.38. The predicted octanol–water partition coefficient (Wildman–Crippen LogP) is 3.85. The van der Waals surface area contributed by atoms with Crippen molar-refractivity contribution in [1.82, 2.24) is 10.2 Å². The van der Waals surface area contributed by atoms with Crippen LogP contribution in [-0.2, 0) is 4.79 Å². The van der Waals surface area contributed by atoms with Crippen LogP contribution < -0.4 is 10.1 Å². The highest BCUT2D eigenvalue weighted by Crippen LogP contribution is 2.32. The molecule has 0 aromatic heterocycles. The average molecular weight is 356 g/mol. The van der Waals surface area contributed by atoms with Crippen LogP contribution in [0.3, 0.4) is 0 Å². The summed E-state index contributed by atoms with van der Waals surface area (Å²) >= 11 is 0. The third kappa shape index (κ3) is 4.41. The molecule has 1 N–H and O–H groups in total. The van der Waals surface area contributed by atoms with Gasteiger partial charge in [-0.3, -0.25) is 9.69 Å². The van der Waals surface area contributed by atoms with Gasteiger partial charge >= 0.3 is 0 Å². The zero-order valence-electron chi connectivity index (χ0n) is 15.2. The van der Waals surface area contributed by atoms with Gasteiger partial charge in [-0.05, 0) is 61.7 Å². The molecular weight excluding hydrogens is 331 g/mol. The smallest absolute Gasteiger partial charge is 0.234 e. The van der Waals surface area contributed by atoms with Gasteiger partial charge in [-0.25, -0.2) is 4.39 Å². The summed E-state index contributed by atoms with van der Waals surface area (Å²) in [5.74, 6) is 0.554. The van der Waals surface area contributed by atoms with Crippen molar-refractivity contribution in [1.29, 1.82) is 0 Å². The van der Waals surface area contributed by atoms with Gasteiger partial charge in [0.1, 0.15) is 11.6 Å². The molecule has 1 aliphatic rings. The van der Waals surface area contributed by atoms with Crippen LogP contribution in [0, 0.1) is 5.82 Å². The van der Waals surface area contributed by atoms with Crippen LogP contribution in [-0.4, -0.2) is 31.0 Å². The molecule has 138 valence electrons.